The number of ether oxygens (including phenoxy) is 2. The predicted octanol–water partition coefficient (Wildman–Crippen LogP) is 2.52. The average Bonchev–Trinajstić information content (AvgIpc) is 3.09. The molecule has 0 spiro atoms. The highest BCUT2D eigenvalue weighted by Crippen LogP contribution is 2.16. The zero-order valence-electron chi connectivity index (χ0n) is 14.1. The fourth-order valence-electron chi connectivity index (χ4n) is 2.04. The number of aryl methyl sites for hydroxylation is 1. The van der Waals surface area contributed by atoms with Crippen LogP contribution in [0.4, 0.5) is 8.78 Å². The lowest BCUT2D eigenvalue weighted by molar-refractivity contribution is -0.133. The smallest absolute Gasteiger partial charge is 0.387 e. The van der Waals surface area contributed by atoms with Gasteiger partial charge in [-0.3, -0.25) is 4.79 Å². The second-order valence-corrected chi connectivity index (χ2v) is 6.00. The van der Waals surface area contributed by atoms with E-state index in [9.17, 15) is 18.4 Å². The molecule has 1 aromatic heterocycles. The van der Waals surface area contributed by atoms with Crippen molar-refractivity contribution in [1.29, 1.82) is 0 Å². The van der Waals surface area contributed by atoms with Gasteiger partial charge in [-0.25, -0.2) is 4.79 Å². The van der Waals surface area contributed by atoms with Gasteiger partial charge < -0.3 is 14.4 Å². The van der Waals surface area contributed by atoms with Crippen molar-refractivity contribution in [2.24, 2.45) is 0 Å². The number of alkyl halides is 2. The summed E-state index contributed by atoms with van der Waals surface area (Å²) in [6.07, 6.45) is 0.542. The summed E-state index contributed by atoms with van der Waals surface area (Å²) >= 11 is 0.925. The molecule has 2 rings (SSSR count). The molecule has 0 aliphatic rings. The number of carbonyl (C=O) groups excluding carboxylic acids is 2. The molecule has 0 aliphatic heterocycles. The highest BCUT2D eigenvalue weighted by Gasteiger charge is 2.19. The molecular formula is C16H17F2N3O4S. The Bertz CT molecular complexity index is 752. The van der Waals surface area contributed by atoms with Gasteiger partial charge in [-0.15, -0.1) is 5.10 Å². The van der Waals surface area contributed by atoms with Gasteiger partial charge in [0, 0.05) is 13.6 Å². The van der Waals surface area contributed by atoms with E-state index in [2.05, 4.69) is 14.3 Å². The summed E-state index contributed by atoms with van der Waals surface area (Å²) in [5.74, 6) is -0.995. The molecule has 26 heavy (non-hydrogen) atoms. The summed E-state index contributed by atoms with van der Waals surface area (Å²) in [7, 11) is 1.55. The number of hydrogen-bond acceptors (Lipinski definition) is 7. The second-order valence-electron chi connectivity index (χ2n) is 5.25. The molecule has 0 bridgehead atoms. The van der Waals surface area contributed by atoms with Crippen LogP contribution in [0, 0.1) is 0 Å². The van der Waals surface area contributed by atoms with Crippen molar-refractivity contribution in [1.82, 2.24) is 14.5 Å². The molecule has 10 heteroatoms. The summed E-state index contributed by atoms with van der Waals surface area (Å²) in [6.45, 7) is -1.23. The summed E-state index contributed by atoms with van der Waals surface area (Å²) in [5.41, 5.74) is 1.25. The van der Waals surface area contributed by atoms with Crippen molar-refractivity contribution >= 4 is 23.4 Å². The Morgan fingerprint density at radius 3 is 2.58 bits per heavy atom. The van der Waals surface area contributed by atoms with Crippen LogP contribution >= 0.6 is 11.5 Å². The summed E-state index contributed by atoms with van der Waals surface area (Å²) in [5, 5.41) is 3.81. The topological polar surface area (TPSA) is 81.6 Å². The van der Waals surface area contributed by atoms with Crippen LogP contribution in [0.15, 0.2) is 24.3 Å². The van der Waals surface area contributed by atoms with Crippen molar-refractivity contribution in [2.75, 3.05) is 13.7 Å². The Morgan fingerprint density at radius 2 is 1.96 bits per heavy atom. The molecule has 0 aliphatic carbocycles. The van der Waals surface area contributed by atoms with E-state index in [0.717, 1.165) is 11.5 Å². The molecule has 1 amide bonds. The number of esters is 1. The van der Waals surface area contributed by atoms with E-state index < -0.39 is 25.1 Å². The molecule has 0 saturated heterocycles. The Hall–Kier alpha value is -2.62. The Labute approximate surface area is 152 Å². The molecule has 0 radical (unpaired) electrons. The number of benzene rings is 1. The third kappa shape index (κ3) is 5.45. The lowest BCUT2D eigenvalue weighted by Gasteiger charge is -2.17. The minimum atomic E-state index is -2.89. The first kappa shape index (κ1) is 19.7. The van der Waals surface area contributed by atoms with E-state index in [1.54, 1.807) is 19.2 Å². The normalized spacial score (nSPS) is 10.7. The van der Waals surface area contributed by atoms with E-state index in [0.29, 0.717) is 17.7 Å². The highest BCUT2D eigenvalue weighted by atomic mass is 32.1. The Morgan fingerprint density at radius 1 is 1.27 bits per heavy atom. The van der Waals surface area contributed by atoms with Crippen molar-refractivity contribution in [2.45, 2.75) is 26.5 Å². The zero-order chi connectivity index (χ0) is 19.1. The first-order chi connectivity index (χ1) is 12.4. The van der Waals surface area contributed by atoms with E-state index in [1.165, 1.54) is 17.0 Å². The molecule has 0 atom stereocenters. The van der Waals surface area contributed by atoms with E-state index in [4.69, 9.17) is 4.74 Å². The largest absolute Gasteiger partial charge is 0.451 e. The van der Waals surface area contributed by atoms with Gasteiger partial charge in [-0.2, -0.15) is 8.78 Å². The number of amides is 1. The number of nitrogens with zero attached hydrogens (tertiary/aromatic N) is 3. The number of aromatic nitrogens is 2. The van der Waals surface area contributed by atoms with Crippen LogP contribution in [0.1, 0.15) is 27.9 Å². The minimum absolute atomic E-state index is 0.0385. The first-order valence-electron chi connectivity index (χ1n) is 7.66. The third-order valence-electron chi connectivity index (χ3n) is 3.40. The molecule has 140 valence electrons. The van der Waals surface area contributed by atoms with Crippen LogP contribution in [-0.2, 0) is 22.5 Å². The van der Waals surface area contributed by atoms with E-state index >= 15 is 0 Å². The van der Waals surface area contributed by atoms with Crippen molar-refractivity contribution in [3.63, 3.8) is 0 Å². The number of carbonyl (C=O) groups is 2. The van der Waals surface area contributed by atoms with Gasteiger partial charge in [0.2, 0.25) is 0 Å². The van der Waals surface area contributed by atoms with Gasteiger partial charge in [0.1, 0.15) is 5.75 Å². The monoisotopic (exact) mass is 385 g/mol. The SMILES string of the molecule is CCc1nnsc1C(=O)OCC(=O)N(C)Cc1ccc(OC(F)F)cc1. The van der Waals surface area contributed by atoms with Gasteiger partial charge in [0.15, 0.2) is 11.5 Å². The fourth-order valence-corrected chi connectivity index (χ4v) is 2.68. The summed E-state index contributed by atoms with van der Waals surface area (Å²) < 4.78 is 37.2. The fraction of sp³-hybridized carbons (Fsp3) is 0.375. The molecule has 2 aromatic rings. The number of likely N-dealkylation sites (N-methyl/N-ethyl adjacent to an activating group) is 1. The molecule has 0 unspecified atom stereocenters. The summed E-state index contributed by atoms with van der Waals surface area (Å²) in [4.78, 5) is 25.7. The minimum Gasteiger partial charge on any atom is -0.451 e. The van der Waals surface area contributed by atoms with Crippen LogP contribution in [0.5, 0.6) is 5.75 Å². The quantitative estimate of drug-likeness (QED) is 0.650. The van der Waals surface area contributed by atoms with Gasteiger partial charge >= 0.3 is 12.6 Å². The van der Waals surface area contributed by atoms with Crippen molar-refractivity contribution in [3.8, 4) is 5.75 Å². The maximum absolute atomic E-state index is 12.1. The molecule has 1 aromatic carbocycles. The Balaban J connectivity index is 1.84. The maximum Gasteiger partial charge on any atom is 0.387 e. The zero-order valence-corrected chi connectivity index (χ0v) is 15.0. The third-order valence-corrected chi connectivity index (χ3v) is 4.14. The molecule has 0 N–H and O–H groups in total. The van der Waals surface area contributed by atoms with Gasteiger partial charge in [-0.1, -0.05) is 23.5 Å². The van der Waals surface area contributed by atoms with E-state index in [1.807, 2.05) is 6.92 Å². The van der Waals surface area contributed by atoms with Crippen LogP contribution < -0.4 is 4.74 Å². The summed E-state index contributed by atoms with van der Waals surface area (Å²) in [6, 6.07) is 5.93. The van der Waals surface area contributed by atoms with Crippen LogP contribution in [0.25, 0.3) is 0 Å². The number of rotatable bonds is 8. The highest BCUT2D eigenvalue weighted by molar-refractivity contribution is 7.07. The standard InChI is InChI=1S/C16H17F2N3O4S/c1-3-12-14(26-20-19-12)15(23)24-9-13(22)21(2)8-10-4-6-11(7-5-10)25-16(17)18/h4-7,16H,3,8-9H2,1-2H3. The number of halogens is 2. The van der Waals surface area contributed by atoms with Gasteiger partial charge in [0.25, 0.3) is 5.91 Å². The molecular weight excluding hydrogens is 368 g/mol. The molecule has 1 heterocycles. The second kappa shape index (κ2) is 9.18. The van der Waals surface area contributed by atoms with Gasteiger partial charge in [-0.05, 0) is 35.6 Å². The first-order valence-corrected chi connectivity index (χ1v) is 8.44. The lowest BCUT2D eigenvalue weighted by atomic mass is 10.2. The van der Waals surface area contributed by atoms with Crippen LogP contribution in [0.3, 0.4) is 0 Å². The number of hydrogen-bond donors (Lipinski definition) is 0. The van der Waals surface area contributed by atoms with Crippen molar-refractivity contribution in [3.05, 3.63) is 40.4 Å². The van der Waals surface area contributed by atoms with E-state index in [-0.39, 0.29) is 17.2 Å². The lowest BCUT2D eigenvalue weighted by Crippen LogP contribution is -2.30. The Kier molecular flexibility index (Phi) is 6.96. The van der Waals surface area contributed by atoms with Gasteiger partial charge in [0.05, 0.1) is 5.69 Å². The predicted molar refractivity (Wildman–Crippen MR) is 89.1 cm³/mol. The van der Waals surface area contributed by atoms with Crippen LogP contribution in [0.2, 0.25) is 0 Å². The molecule has 7 nitrogen and oxygen atoms in total. The average molecular weight is 385 g/mol. The maximum atomic E-state index is 12.1. The molecule has 0 saturated carbocycles. The molecule has 0 fully saturated rings. The van der Waals surface area contributed by atoms with Crippen LogP contribution in [-0.4, -0.2) is 46.6 Å². The van der Waals surface area contributed by atoms with Crippen molar-refractivity contribution < 1.29 is 27.8 Å².